The molecule has 110 valence electrons. The molecule has 5 nitrogen and oxygen atoms in total. The summed E-state index contributed by atoms with van der Waals surface area (Å²) in [6.07, 6.45) is 4.02. The van der Waals surface area contributed by atoms with Crippen LogP contribution >= 0.6 is 11.8 Å². The normalized spacial score (nSPS) is 15.8. The van der Waals surface area contributed by atoms with Crippen LogP contribution in [-0.4, -0.2) is 35.6 Å². The molecule has 6 heteroatoms. The van der Waals surface area contributed by atoms with E-state index in [0.29, 0.717) is 29.6 Å². The first kappa shape index (κ1) is 15.0. The molecule has 0 atom stereocenters. The summed E-state index contributed by atoms with van der Waals surface area (Å²) in [4.78, 5) is 16.0. The zero-order valence-corrected chi connectivity index (χ0v) is 12.5. The highest BCUT2D eigenvalue weighted by atomic mass is 32.2. The topological polar surface area (TPSA) is 77.2 Å². The summed E-state index contributed by atoms with van der Waals surface area (Å²) in [5.41, 5.74) is 6.75. The van der Waals surface area contributed by atoms with E-state index in [4.69, 9.17) is 10.5 Å². The number of rotatable bonds is 5. The van der Waals surface area contributed by atoms with Crippen molar-refractivity contribution in [3.05, 3.63) is 17.8 Å². The number of nitrogens with zero attached hydrogens (tertiary/aromatic N) is 1. The average Bonchev–Trinajstić information content (AvgIpc) is 2.47. The van der Waals surface area contributed by atoms with Crippen molar-refractivity contribution >= 4 is 29.2 Å². The first-order valence-corrected chi connectivity index (χ1v) is 8.11. The van der Waals surface area contributed by atoms with E-state index in [0.717, 1.165) is 6.54 Å². The lowest BCUT2D eigenvalue weighted by Gasteiger charge is -2.22. The van der Waals surface area contributed by atoms with Gasteiger partial charge in [-0.25, -0.2) is 9.78 Å². The van der Waals surface area contributed by atoms with E-state index in [9.17, 15) is 4.79 Å². The van der Waals surface area contributed by atoms with Gasteiger partial charge in [0.1, 0.15) is 5.82 Å². The molecule has 1 aromatic heterocycles. The van der Waals surface area contributed by atoms with Gasteiger partial charge in [-0.05, 0) is 43.3 Å². The van der Waals surface area contributed by atoms with Gasteiger partial charge in [0.25, 0.3) is 0 Å². The monoisotopic (exact) mass is 295 g/mol. The van der Waals surface area contributed by atoms with Gasteiger partial charge in [0.05, 0.1) is 17.9 Å². The van der Waals surface area contributed by atoms with Gasteiger partial charge >= 0.3 is 5.97 Å². The van der Waals surface area contributed by atoms with E-state index < -0.39 is 5.97 Å². The molecule has 0 aromatic carbocycles. The Morgan fingerprint density at radius 2 is 2.30 bits per heavy atom. The average molecular weight is 295 g/mol. The van der Waals surface area contributed by atoms with Crippen LogP contribution in [0, 0.1) is 5.92 Å². The van der Waals surface area contributed by atoms with Gasteiger partial charge < -0.3 is 15.8 Å². The van der Waals surface area contributed by atoms with Crippen LogP contribution < -0.4 is 11.1 Å². The second kappa shape index (κ2) is 7.38. The molecule has 0 unspecified atom stereocenters. The summed E-state index contributed by atoms with van der Waals surface area (Å²) in [6.45, 7) is 2.96. The fourth-order valence-corrected chi connectivity index (χ4v) is 3.40. The molecule has 0 bridgehead atoms. The predicted octanol–water partition coefficient (Wildman–Crippen LogP) is 2.40. The molecule has 1 aromatic rings. The summed E-state index contributed by atoms with van der Waals surface area (Å²) >= 11 is 2.01. The van der Waals surface area contributed by atoms with Crippen LogP contribution in [0.4, 0.5) is 11.5 Å². The fraction of sp³-hybridized carbons (Fsp3) is 0.571. The smallest absolute Gasteiger partial charge is 0.340 e. The minimum atomic E-state index is -0.399. The lowest BCUT2D eigenvalue weighted by Crippen LogP contribution is -2.20. The van der Waals surface area contributed by atoms with Gasteiger partial charge in [-0.2, -0.15) is 11.8 Å². The van der Waals surface area contributed by atoms with Crippen molar-refractivity contribution in [1.29, 1.82) is 0 Å². The molecule has 20 heavy (non-hydrogen) atoms. The van der Waals surface area contributed by atoms with Gasteiger partial charge in [0.2, 0.25) is 0 Å². The maximum atomic E-state index is 11.8. The maximum Gasteiger partial charge on any atom is 0.340 e. The highest BCUT2D eigenvalue weighted by Crippen LogP contribution is 2.25. The van der Waals surface area contributed by atoms with Gasteiger partial charge in [-0.15, -0.1) is 0 Å². The second-order valence-electron chi connectivity index (χ2n) is 4.78. The number of hydrogen-bond acceptors (Lipinski definition) is 6. The standard InChI is InChI=1S/C14H21N3O2S/c1-2-19-14(18)11-3-6-16-13(12(11)15)17-9-10-4-7-20-8-5-10/h3,6,10H,2,4-5,7-9,15H2,1H3,(H,16,17). The van der Waals surface area contributed by atoms with Crippen molar-refractivity contribution in [2.45, 2.75) is 19.8 Å². The fourth-order valence-electron chi connectivity index (χ4n) is 2.19. The SMILES string of the molecule is CCOC(=O)c1ccnc(NCC2CCSCC2)c1N. The number of nitrogens with two attached hydrogens (primary N) is 1. The lowest BCUT2D eigenvalue weighted by atomic mass is 10.0. The van der Waals surface area contributed by atoms with Gasteiger partial charge in [-0.3, -0.25) is 0 Å². The summed E-state index contributed by atoms with van der Waals surface area (Å²) in [7, 11) is 0. The van der Waals surface area contributed by atoms with Crippen LogP contribution in [0.15, 0.2) is 12.3 Å². The maximum absolute atomic E-state index is 11.8. The van der Waals surface area contributed by atoms with Crippen LogP contribution in [0.3, 0.4) is 0 Å². The largest absolute Gasteiger partial charge is 0.462 e. The Labute approximate surface area is 123 Å². The van der Waals surface area contributed by atoms with Crippen molar-refractivity contribution < 1.29 is 9.53 Å². The Kier molecular flexibility index (Phi) is 5.52. The summed E-state index contributed by atoms with van der Waals surface area (Å²) < 4.78 is 4.98. The number of hydrogen-bond donors (Lipinski definition) is 2. The molecule has 2 rings (SSSR count). The second-order valence-corrected chi connectivity index (χ2v) is 6.00. The van der Waals surface area contributed by atoms with Gasteiger partial charge in [0, 0.05) is 12.7 Å². The predicted molar refractivity (Wildman–Crippen MR) is 83.1 cm³/mol. The number of nitrogen functional groups attached to an aromatic ring is 1. The molecule has 0 saturated carbocycles. The number of ether oxygens (including phenoxy) is 1. The van der Waals surface area contributed by atoms with Crippen LogP contribution in [0.5, 0.6) is 0 Å². The third-order valence-electron chi connectivity index (χ3n) is 3.38. The van der Waals surface area contributed by atoms with E-state index in [1.807, 2.05) is 11.8 Å². The zero-order valence-electron chi connectivity index (χ0n) is 11.7. The molecule has 1 aliphatic heterocycles. The van der Waals surface area contributed by atoms with E-state index in [1.165, 1.54) is 24.3 Å². The first-order valence-electron chi connectivity index (χ1n) is 6.95. The van der Waals surface area contributed by atoms with E-state index in [1.54, 1.807) is 19.2 Å². The van der Waals surface area contributed by atoms with Crippen LogP contribution in [0.1, 0.15) is 30.1 Å². The van der Waals surface area contributed by atoms with E-state index in [2.05, 4.69) is 10.3 Å². The minimum absolute atomic E-state index is 0.336. The Morgan fingerprint density at radius 1 is 1.55 bits per heavy atom. The highest BCUT2D eigenvalue weighted by molar-refractivity contribution is 7.99. The Bertz CT molecular complexity index is 462. The number of anilines is 2. The molecular formula is C14H21N3O2S. The minimum Gasteiger partial charge on any atom is -0.462 e. The molecule has 0 spiro atoms. The van der Waals surface area contributed by atoms with Crippen LogP contribution in [0.25, 0.3) is 0 Å². The van der Waals surface area contributed by atoms with Gasteiger partial charge in [0.15, 0.2) is 0 Å². The van der Waals surface area contributed by atoms with Crippen molar-refractivity contribution in [3.63, 3.8) is 0 Å². The number of esters is 1. The lowest BCUT2D eigenvalue weighted by molar-refractivity contribution is 0.0527. The zero-order chi connectivity index (χ0) is 14.4. The van der Waals surface area contributed by atoms with E-state index in [-0.39, 0.29) is 0 Å². The van der Waals surface area contributed by atoms with Crippen LogP contribution in [0.2, 0.25) is 0 Å². The van der Waals surface area contributed by atoms with Crippen molar-refractivity contribution in [1.82, 2.24) is 4.98 Å². The third kappa shape index (κ3) is 3.79. The highest BCUT2D eigenvalue weighted by Gasteiger charge is 2.17. The van der Waals surface area contributed by atoms with E-state index >= 15 is 0 Å². The quantitative estimate of drug-likeness (QED) is 0.812. The molecule has 1 fully saturated rings. The number of pyridine rings is 1. The third-order valence-corrected chi connectivity index (χ3v) is 4.43. The number of carbonyl (C=O) groups excluding carboxylic acids is 1. The molecule has 0 radical (unpaired) electrons. The number of nitrogens with one attached hydrogen (secondary N) is 1. The van der Waals surface area contributed by atoms with Crippen molar-refractivity contribution in [2.24, 2.45) is 5.92 Å². The van der Waals surface area contributed by atoms with Gasteiger partial charge in [-0.1, -0.05) is 0 Å². The molecule has 2 heterocycles. The number of aromatic nitrogens is 1. The molecule has 1 saturated heterocycles. The molecular weight excluding hydrogens is 274 g/mol. The first-order chi connectivity index (χ1) is 9.72. The molecule has 0 amide bonds. The summed E-state index contributed by atoms with van der Waals surface area (Å²) in [5.74, 6) is 3.28. The van der Waals surface area contributed by atoms with Crippen molar-refractivity contribution in [3.8, 4) is 0 Å². The Hall–Kier alpha value is -1.43. The summed E-state index contributed by atoms with van der Waals surface area (Å²) in [6, 6.07) is 1.59. The number of carbonyl (C=O) groups is 1. The van der Waals surface area contributed by atoms with Crippen molar-refractivity contribution in [2.75, 3.05) is 35.7 Å². The summed E-state index contributed by atoms with van der Waals surface area (Å²) in [5, 5.41) is 3.27. The Morgan fingerprint density at radius 3 is 3.00 bits per heavy atom. The molecule has 3 N–H and O–H groups in total. The molecule has 1 aliphatic rings. The molecule has 0 aliphatic carbocycles. The number of thioether (sulfide) groups is 1. The Balaban J connectivity index is 2.00. The van der Waals surface area contributed by atoms with Crippen LogP contribution in [-0.2, 0) is 4.74 Å².